The molecule has 364 valence electrons. The van der Waals surface area contributed by atoms with Gasteiger partial charge in [-0.1, -0.05) is 152 Å². The molecule has 17 rings (SSSR count). The molecule has 0 saturated heterocycles. The van der Waals surface area contributed by atoms with Crippen LogP contribution in [0.15, 0.2) is 251 Å². The second-order valence-electron chi connectivity index (χ2n) is 20.8. The van der Waals surface area contributed by atoms with Gasteiger partial charge in [-0.25, -0.2) is 4.85 Å². The van der Waals surface area contributed by atoms with E-state index in [2.05, 4.69) is 191 Å². The lowest BCUT2D eigenvalue weighted by molar-refractivity contribution is 0.668. The maximum Gasteiger partial charge on any atom is 0.187 e. The van der Waals surface area contributed by atoms with E-state index in [0.29, 0.717) is 11.3 Å². The highest BCUT2D eigenvalue weighted by Crippen LogP contribution is 2.67. The lowest BCUT2D eigenvalue weighted by atomic mass is 9.70. The molecule has 2 aromatic heterocycles. The van der Waals surface area contributed by atoms with Gasteiger partial charge in [0, 0.05) is 44.3 Å². The highest BCUT2D eigenvalue weighted by Gasteiger charge is 2.53. The minimum atomic E-state index is -0.826. The minimum absolute atomic E-state index is 0.570. The molecule has 6 heteroatoms. The van der Waals surface area contributed by atoms with E-state index in [1.165, 1.54) is 66.4 Å². The molecule has 6 nitrogen and oxygen atoms in total. The van der Waals surface area contributed by atoms with Gasteiger partial charge in [-0.15, -0.1) is 0 Å². The molecule has 2 heterocycles. The second kappa shape index (κ2) is 16.1. The lowest BCUT2D eigenvalue weighted by Crippen LogP contribution is -2.26. The van der Waals surface area contributed by atoms with Crippen molar-refractivity contribution in [3.63, 3.8) is 0 Å². The van der Waals surface area contributed by atoms with E-state index >= 15 is 0 Å². The van der Waals surface area contributed by atoms with Crippen molar-refractivity contribution < 1.29 is 8.83 Å². The second-order valence-corrected chi connectivity index (χ2v) is 20.8. The molecule has 14 aromatic rings. The van der Waals surface area contributed by atoms with Crippen LogP contribution in [0.3, 0.4) is 0 Å². The summed E-state index contributed by atoms with van der Waals surface area (Å²) in [5.74, 6) is 0. The summed E-state index contributed by atoms with van der Waals surface area (Å²) in [6.07, 6.45) is 0. The standard InChI is InChI=1S/C73H40N4O2/c1-75-44-29-33-46(34-30-44)77(66-24-12-20-57-54-16-6-9-26-68(54)79-72(57)66)48-36-38-52-51-37-35-47(76(45-31-27-43(42-74)28-32-45)65-23-11-19-56-53-15-5-8-25-67(53)78-71(56)65)39-62(51)73(63(52)40-48)61-22-7-4-17-58(61)70-59-21-10-18-55-49-13-2-3-14-50(49)60(69(55)59)41-64(70)73/h2-41H. The van der Waals surface area contributed by atoms with Crippen LogP contribution in [0.1, 0.15) is 27.8 Å². The van der Waals surface area contributed by atoms with Gasteiger partial charge in [0.1, 0.15) is 11.2 Å². The molecule has 3 aliphatic carbocycles. The Balaban J connectivity index is 0.978. The predicted molar refractivity (Wildman–Crippen MR) is 320 cm³/mol. The van der Waals surface area contributed by atoms with E-state index in [-0.39, 0.29) is 0 Å². The maximum absolute atomic E-state index is 10.0. The molecule has 0 aliphatic heterocycles. The molecule has 79 heavy (non-hydrogen) atoms. The molecule has 0 amide bonds. The van der Waals surface area contributed by atoms with Crippen LogP contribution >= 0.6 is 0 Å². The highest BCUT2D eigenvalue weighted by atomic mass is 16.3. The fraction of sp³-hybridized carbons (Fsp3) is 0.0137. The summed E-state index contributed by atoms with van der Waals surface area (Å²) in [5.41, 5.74) is 23.5. The van der Waals surface area contributed by atoms with E-state index in [9.17, 15) is 5.26 Å². The summed E-state index contributed by atoms with van der Waals surface area (Å²) >= 11 is 0. The molecule has 3 aliphatic rings. The summed E-state index contributed by atoms with van der Waals surface area (Å²) < 4.78 is 13.7. The zero-order valence-corrected chi connectivity index (χ0v) is 42.2. The first-order valence-corrected chi connectivity index (χ1v) is 26.6. The predicted octanol–water partition coefficient (Wildman–Crippen LogP) is 20.0. The lowest BCUT2D eigenvalue weighted by Gasteiger charge is -2.33. The Bertz CT molecular complexity index is 4840. The van der Waals surface area contributed by atoms with Crippen LogP contribution in [0.25, 0.3) is 104 Å². The van der Waals surface area contributed by atoms with E-state index in [4.69, 9.17) is 15.4 Å². The molecule has 1 unspecified atom stereocenters. The number of benzene rings is 12. The molecule has 0 N–H and O–H groups in total. The molecule has 0 radical (unpaired) electrons. The SMILES string of the molecule is [C-]#[N+]c1ccc(N(c2ccc3c(c2)C2(c4cc(N(c5ccc(C#N)cc5)c5cccc6c5oc5ccccc56)ccc4-3)c3ccccc3-c3c2cc2c4c(cccc34)-c3ccccc3-2)c2cccc3c2oc2ccccc23)cc1. The van der Waals surface area contributed by atoms with Crippen LogP contribution in [0, 0.1) is 17.9 Å². The molecular formula is C73H40N4O2. The van der Waals surface area contributed by atoms with Crippen LogP contribution in [0.4, 0.5) is 39.8 Å². The molecule has 0 saturated carbocycles. The van der Waals surface area contributed by atoms with Crippen molar-refractivity contribution in [2.24, 2.45) is 0 Å². The highest BCUT2D eigenvalue weighted by molar-refractivity contribution is 6.21. The summed E-state index contributed by atoms with van der Waals surface area (Å²) in [6, 6.07) is 88.6. The Morgan fingerprint density at radius 3 is 1.46 bits per heavy atom. The third kappa shape index (κ3) is 5.81. The van der Waals surface area contributed by atoms with Crippen molar-refractivity contribution in [2.45, 2.75) is 5.41 Å². The Morgan fingerprint density at radius 2 is 0.861 bits per heavy atom. The molecule has 12 aromatic carbocycles. The first-order chi connectivity index (χ1) is 39.1. The van der Waals surface area contributed by atoms with E-state index in [1.54, 1.807) is 0 Å². The van der Waals surface area contributed by atoms with E-state index < -0.39 is 5.41 Å². The van der Waals surface area contributed by atoms with Crippen molar-refractivity contribution in [3.05, 3.63) is 282 Å². The van der Waals surface area contributed by atoms with Gasteiger partial charge < -0.3 is 18.6 Å². The van der Waals surface area contributed by atoms with Crippen molar-refractivity contribution in [2.75, 3.05) is 9.80 Å². The first kappa shape index (κ1) is 43.3. The molecular weight excluding hydrogens is 965 g/mol. The molecule has 1 spiro atoms. The average molecular weight is 1010 g/mol. The number of para-hydroxylation sites is 4. The average Bonchev–Trinajstić information content (AvgIpc) is 2.45. The number of nitrogens with zero attached hydrogens (tertiary/aromatic N) is 4. The number of fused-ring (bicyclic) bond motifs is 20. The van der Waals surface area contributed by atoms with Gasteiger partial charge in [0.25, 0.3) is 0 Å². The smallest absolute Gasteiger partial charge is 0.187 e. The van der Waals surface area contributed by atoms with Gasteiger partial charge in [-0.05, 0) is 169 Å². The Labute approximate surface area is 453 Å². The van der Waals surface area contributed by atoms with Crippen molar-refractivity contribution >= 4 is 94.5 Å². The fourth-order valence-electron chi connectivity index (χ4n) is 13.8. The zero-order valence-electron chi connectivity index (χ0n) is 42.2. The topological polar surface area (TPSA) is 60.9 Å². The van der Waals surface area contributed by atoms with Crippen LogP contribution in [0.2, 0.25) is 0 Å². The largest absolute Gasteiger partial charge is 0.454 e. The molecule has 0 bridgehead atoms. The van der Waals surface area contributed by atoms with Gasteiger partial charge in [-0.2, -0.15) is 5.26 Å². The van der Waals surface area contributed by atoms with E-state index in [0.717, 1.165) is 89.1 Å². The summed E-state index contributed by atoms with van der Waals surface area (Å²) in [6.45, 7) is 7.89. The maximum atomic E-state index is 10.0. The summed E-state index contributed by atoms with van der Waals surface area (Å²) in [4.78, 5) is 8.38. The molecule has 0 fully saturated rings. The van der Waals surface area contributed by atoms with Crippen molar-refractivity contribution in [1.82, 2.24) is 0 Å². The van der Waals surface area contributed by atoms with Crippen LogP contribution in [-0.2, 0) is 5.41 Å². The van der Waals surface area contributed by atoms with Crippen LogP contribution in [0.5, 0.6) is 0 Å². The number of hydrogen-bond acceptors (Lipinski definition) is 5. The van der Waals surface area contributed by atoms with Gasteiger partial charge in [-0.3, -0.25) is 0 Å². The van der Waals surface area contributed by atoms with Gasteiger partial charge in [0.05, 0.1) is 35.0 Å². The minimum Gasteiger partial charge on any atom is -0.454 e. The van der Waals surface area contributed by atoms with Gasteiger partial charge in [0.2, 0.25) is 0 Å². The number of nitriles is 1. The third-order valence-electron chi connectivity index (χ3n) is 17.0. The molecule has 1 atom stereocenters. The zero-order chi connectivity index (χ0) is 52.1. The number of furan rings is 2. The van der Waals surface area contributed by atoms with Crippen LogP contribution in [-0.4, -0.2) is 0 Å². The van der Waals surface area contributed by atoms with Gasteiger partial charge >= 0.3 is 0 Å². The van der Waals surface area contributed by atoms with Crippen molar-refractivity contribution in [1.29, 1.82) is 5.26 Å². The summed E-state index contributed by atoms with van der Waals surface area (Å²) in [7, 11) is 0. The fourth-order valence-corrected chi connectivity index (χ4v) is 13.8. The monoisotopic (exact) mass is 1000 g/mol. The Hall–Kier alpha value is -10.9. The Morgan fingerprint density at radius 1 is 0.380 bits per heavy atom. The quantitative estimate of drug-likeness (QED) is 0.155. The van der Waals surface area contributed by atoms with Crippen LogP contribution < -0.4 is 9.80 Å². The normalized spacial score (nSPS) is 14.1. The van der Waals surface area contributed by atoms with Gasteiger partial charge in [0.15, 0.2) is 16.9 Å². The van der Waals surface area contributed by atoms with E-state index in [1.807, 2.05) is 72.8 Å². The first-order valence-electron chi connectivity index (χ1n) is 26.6. The van der Waals surface area contributed by atoms with Crippen molar-refractivity contribution in [3.8, 4) is 50.6 Å². The number of hydrogen-bond donors (Lipinski definition) is 0. The number of rotatable bonds is 6. The third-order valence-corrected chi connectivity index (χ3v) is 17.0. The Kier molecular flexibility index (Phi) is 8.81. The summed E-state index contributed by atoms with van der Waals surface area (Å²) in [5, 5.41) is 16.7. The number of anilines is 6.